The number of aryl methyl sites for hydroxylation is 2. The Bertz CT molecular complexity index is 727. The van der Waals surface area contributed by atoms with E-state index in [4.69, 9.17) is 4.74 Å². The maximum Gasteiger partial charge on any atom is 0.240 e. The van der Waals surface area contributed by atoms with Gasteiger partial charge in [0.25, 0.3) is 0 Å². The Morgan fingerprint density at radius 2 is 1.93 bits per heavy atom. The summed E-state index contributed by atoms with van der Waals surface area (Å²) >= 11 is 0. The van der Waals surface area contributed by atoms with Crippen LogP contribution in [-0.4, -0.2) is 46.4 Å². The number of rotatable bonds is 9. The van der Waals surface area contributed by atoms with Crippen LogP contribution in [0.3, 0.4) is 0 Å². The van der Waals surface area contributed by atoms with Gasteiger partial charge >= 0.3 is 0 Å². The molecular formula is C20H32N2O4S. The molecular weight excluding hydrogens is 364 g/mol. The first-order chi connectivity index (χ1) is 12.8. The Morgan fingerprint density at radius 1 is 1.22 bits per heavy atom. The molecule has 0 bridgehead atoms. The van der Waals surface area contributed by atoms with Crippen molar-refractivity contribution in [3.05, 3.63) is 29.3 Å². The largest absolute Gasteiger partial charge is 0.378 e. The Labute approximate surface area is 163 Å². The van der Waals surface area contributed by atoms with E-state index >= 15 is 0 Å². The Balaban J connectivity index is 1.82. The highest BCUT2D eigenvalue weighted by Crippen LogP contribution is 2.23. The standard InChI is InChI=1S/C20H32N2O4S/c1-16-10-11-17(2)19(14-16)22(27(3,24)25)15-20(23)21-12-7-13-26-18-8-5-4-6-9-18/h10-11,14,18H,4-9,12-13,15H2,1-3H3,(H,21,23). The van der Waals surface area contributed by atoms with Gasteiger partial charge in [0.05, 0.1) is 18.0 Å². The van der Waals surface area contributed by atoms with Crippen molar-refractivity contribution in [2.24, 2.45) is 0 Å². The van der Waals surface area contributed by atoms with Crippen LogP contribution in [0.25, 0.3) is 0 Å². The number of anilines is 1. The SMILES string of the molecule is Cc1ccc(C)c(N(CC(=O)NCCCOC2CCCCC2)S(C)(=O)=O)c1. The molecule has 6 nitrogen and oxygen atoms in total. The van der Waals surface area contributed by atoms with Gasteiger partial charge in [0, 0.05) is 13.2 Å². The lowest BCUT2D eigenvalue weighted by Crippen LogP contribution is -2.41. The molecule has 1 amide bonds. The molecule has 0 aromatic heterocycles. The highest BCUT2D eigenvalue weighted by molar-refractivity contribution is 7.92. The Morgan fingerprint density at radius 3 is 2.59 bits per heavy atom. The maximum absolute atomic E-state index is 12.3. The van der Waals surface area contributed by atoms with Gasteiger partial charge in [-0.05, 0) is 50.3 Å². The zero-order chi connectivity index (χ0) is 19.9. The van der Waals surface area contributed by atoms with E-state index in [1.807, 2.05) is 26.0 Å². The molecule has 1 aliphatic carbocycles. The molecule has 0 spiro atoms. The highest BCUT2D eigenvalue weighted by atomic mass is 32.2. The maximum atomic E-state index is 12.3. The predicted molar refractivity (Wildman–Crippen MR) is 109 cm³/mol. The van der Waals surface area contributed by atoms with Gasteiger partial charge in [-0.15, -0.1) is 0 Å². The van der Waals surface area contributed by atoms with Crippen LogP contribution < -0.4 is 9.62 Å². The van der Waals surface area contributed by atoms with E-state index in [9.17, 15) is 13.2 Å². The van der Waals surface area contributed by atoms with Gasteiger partial charge in [-0.2, -0.15) is 0 Å². The van der Waals surface area contributed by atoms with Gasteiger partial charge in [0.1, 0.15) is 6.54 Å². The summed E-state index contributed by atoms with van der Waals surface area (Å²) in [5.74, 6) is -0.306. The number of carbonyl (C=O) groups is 1. The number of ether oxygens (including phenoxy) is 1. The molecule has 0 atom stereocenters. The minimum absolute atomic E-state index is 0.216. The van der Waals surface area contributed by atoms with Crippen LogP contribution in [0.15, 0.2) is 18.2 Å². The van der Waals surface area contributed by atoms with Crippen molar-refractivity contribution in [3.63, 3.8) is 0 Å². The number of sulfonamides is 1. The fraction of sp³-hybridized carbons (Fsp3) is 0.650. The second-order valence-electron chi connectivity index (χ2n) is 7.39. The fourth-order valence-electron chi connectivity index (χ4n) is 3.34. The van der Waals surface area contributed by atoms with Crippen molar-refractivity contribution < 1.29 is 17.9 Å². The lowest BCUT2D eigenvalue weighted by atomic mass is 9.98. The highest BCUT2D eigenvalue weighted by Gasteiger charge is 2.22. The molecule has 0 saturated heterocycles. The van der Waals surface area contributed by atoms with Crippen molar-refractivity contribution in [2.75, 3.05) is 30.3 Å². The quantitative estimate of drug-likeness (QED) is 0.651. The summed E-state index contributed by atoms with van der Waals surface area (Å²) in [6.07, 6.45) is 8.25. The van der Waals surface area contributed by atoms with E-state index in [-0.39, 0.29) is 12.5 Å². The number of amides is 1. The number of benzene rings is 1. The molecule has 0 aliphatic heterocycles. The number of carbonyl (C=O) groups excluding carboxylic acids is 1. The van der Waals surface area contributed by atoms with Crippen molar-refractivity contribution in [1.82, 2.24) is 5.32 Å². The first kappa shape index (κ1) is 21.7. The molecule has 1 aromatic carbocycles. The van der Waals surface area contributed by atoms with Gasteiger partial charge in [-0.25, -0.2) is 8.42 Å². The van der Waals surface area contributed by atoms with E-state index in [0.717, 1.165) is 36.6 Å². The molecule has 0 heterocycles. The number of hydrogen-bond acceptors (Lipinski definition) is 4. The molecule has 27 heavy (non-hydrogen) atoms. The Kier molecular flexibility index (Phi) is 8.10. The second-order valence-corrected chi connectivity index (χ2v) is 9.30. The summed E-state index contributed by atoms with van der Waals surface area (Å²) in [5, 5.41) is 2.80. The number of nitrogens with zero attached hydrogens (tertiary/aromatic N) is 1. The van der Waals surface area contributed by atoms with Gasteiger partial charge in [0.2, 0.25) is 15.9 Å². The summed E-state index contributed by atoms with van der Waals surface area (Å²) < 4.78 is 31.4. The summed E-state index contributed by atoms with van der Waals surface area (Å²) in [6, 6.07) is 5.58. The first-order valence-corrected chi connectivity index (χ1v) is 11.6. The van der Waals surface area contributed by atoms with Crippen LogP contribution in [0, 0.1) is 13.8 Å². The van der Waals surface area contributed by atoms with Crippen LogP contribution in [-0.2, 0) is 19.6 Å². The molecule has 2 rings (SSSR count). The molecule has 152 valence electrons. The summed E-state index contributed by atoms with van der Waals surface area (Å²) in [5.41, 5.74) is 2.32. The average molecular weight is 397 g/mol. The van der Waals surface area contributed by atoms with E-state index in [0.29, 0.717) is 24.9 Å². The third kappa shape index (κ3) is 7.14. The topological polar surface area (TPSA) is 75.7 Å². The van der Waals surface area contributed by atoms with Crippen molar-refractivity contribution in [2.45, 2.75) is 58.5 Å². The molecule has 1 saturated carbocycles. The van der Waals surface area contributed by atoms with Crippen molar-refractivity contribution >= 4 is 21.6 Å². The first-order valence-electron chi connectivity index (χ1n) is 9.70. The smallest absolute Gasteiger partial charge is 0.240 e. The summed E-state index contributed by atoms with van der Waals surface area (Å²) in [6.45, 7) is 4.63. The molecule has 1 fully saturated rings. The third-order valence-electron chi connectivity index (χ3n) is 4.87. The van der Waals surface area contributed by atoms with Gasteiger partial charge in [0.15, 0.2) is 0 Å². The molecule has 1 aliphatic rings. The van der Waals surface area contributed by atoms with E-state index in [1.165, 1.54) is 23.6 Å². The van der Waals surface area contributed by atoms with E-state index in [1.54, 1.807) is 6.07 Å². The van der Waals surface area contributed by atoms with Gasteiger partial charge < -0.3 is 10.1 Å². The van der Waals surface area contributed by atoms with Crippen LogP contribution >= 0.6 is 0 Å². The van der Waals surface area contributed by atoms with Crippen LogP contribution in [0.1, 0.15) is 49.7 Å². The van der Waals surface area contributed by atoms with Crippen molar-refractivity contribution in [3.8, 4) is 0 Å². The van der Waals surface area contributed by atoms with Gasteiger partial charge in [-0.3, -0.25) is 9.10 Å². The average Bonchev–Trinajstić information content (AvgIpc) is 2.61. The zero-order valence-electron chi connectivity index (χ0n) is 16.7. The minimum Gasteiger partial charge on any atom is -0.378 e. The van der Waals surface area contributed by atoms with Crippen LogP contribution in [0.5, 0.6) is 0 Å². The lowest BCUT2D eigenvalue weighted by Gasteiger charge is -2.24. The number of hydrogen-bond donors (Lipinski definition) is 1. The Hall–Kier alpha value is -1.60. The predicted octanol–water partition coefficient (Wildman–Crippen LogP) is 2.93. The fourth-order valence-corrected chi connectivity index (χ4v) is 4.24. The molecule has 1 aromatic rings. The van der Waals surface area contributed by atoms with Crippen molar-refractivity contribution in [1.29, 1.82) is 0 Å². The monoisotopic (exact) mass is 396 g/mol. The molecule has 0 unspecified atom stereocenters. The molecule has 0 radical (unpaired) electrons. The van der Waals surface area contributed by atoms with Crippen LogP contribution in [0.4, 0.5) is 5.69 Å². The van der Waals surface area contributed by atoms with Crippen LogP contribution in [0.2, 0.25) is 0 Å². The van der Waals surface area contributed by atoms with E-state index < -0.39 is 10.0 Å². The molecule has 7 heteroatoms. The normalized spacial score (nSPS) is 15.5. The summed E-state index contributed by atoms with van der Waals surface area (Å²) in [7, 11) is -3.55. The minimum atomic E-state index is -3.55. The van der Waals surface area contributed by atoms with Gasteiger partial charge in [-0.1, -0.05) is 31.4 Å². The number of nitrogens with one attached hydrogen (secondary N) is 1. The lowest BCUT2D eigenvalue weighted by molar-refractivity contribution is -0.119. The molecule has 1 N–H and O–H groups in total. The zero-order valence-corrected chi connectivity index (χ0v) is 17.5. The second kappa shape index (κ2) is 10.1. The third-order valence-corrected chi connectivity index (χ3v) is 6.00. The van der Waals surface area contributed by atoms with E-state index in [2.05, 4.69) is 5.32 Å². The summed E-state index contributed by atoms with van der Waals surface area (Å²) in [4.78, 5) is 12.3.